The summed E-state index contributed by atoms with van der Waals surface area (Å²) >= 11 is 7.50. The summed E-state index contributed by atoms with van der Waals surface area (Å²) in [6, 6.07) is 5.47. The molecule has 0 aliphatic heterocycles. The minimum absolute atomic E-state index is 0.139. The van der Waals surface area contributed by atoms with Gasteiger partial charge in [0.15, 0.2) is 0 Å². The number of hydrogen-bond acceptors (Lipinski definition) is 4. The molecule has 0 saturated heterocycles. The molecule has 1 N–H and O–H groups in total. The minimum Gasteiger partial charge on any atom is -0.321 e. The monoisotopic (exact) mass is 323 g/mol. The van der Waals surface area contributed by atoms with E-state index in [2.05, 4.69) is 10.3 Å². The van der Waals surface area contributed by atoms with E-state index in [4.69, 9.17) is 11.6 Å². The van der Waals surface area contributed by atoms with E-state index in [1.165, 1.54) is 11.3 Å². The van der Waals surface area contributed by atoms with Crippen molar-refractivity contribution >= 4 is 34.5 Å². The Hall–Kier alpha value is -1.43. The second-order valence-electron chi connectivity index (χ2n) is 5.13. The first-order chi connectivity index (χ1) is 9.88. The number of rotatable bonds is 4. The van der Waals surface area contributed by atoms with E-state index in [1.807, 2.05) is 45.0 Å². The van der Waals surface area contributed by atoms with Crippen LogP contribution in [-0.4, -0.2) is 29.9 Å². The lowest BCUT2D eigenvalue weighted by Gasteiger charge is -2.08. The summed E-state index contributed by atoms with van der Waals surface area (Å²) in [6.45, 7) is 4.47. The van der Waals surface area contributed by atoms with Gasteiger partial charge in [-0.25, -0.2) is 4.98 Å². The molecule has 0 unspecified atom stereocenters. The second kappa shape index (κ2) is 6.56. The van der Waals surface area contributed by atoms with E-state index in [0.29, 0.717) is 9.90 Å². The van der Waals surface area contributed by atoms with Gasteiger partial charge in [0, 0.05) is 17.3 Å². The van der Waals surface area contributed by atoms with Crippen molar-refractivity contribution in [1.29, 1.82) is 0 Å². The third-order valence-corrected chi connectivity index (χ3v) is 4.56. The number of aryl methyl sites for hydroxylation is 1. The highest BCUT2D eigenvalue weighted by molar-refractivity contribution is 7.13. The van der Waals surface area contributed by atoms with Crippen molar-refractivity contribution in [2.45, 2.75) is 20.4 Å². The van der Waals surface area contributed by atoms with Gasteiger partial charge in [0.05, 0.1) is 5.69 Å². The van der Waals surface area contributed by atoms with Gasteiger partial charge in [-0.05, 0) is 45.6 Å². The fourth-order valence-electron chi connectivity index (χ4n) is 1.92. The molecule has 0 aliphatic rings. The predicted molar refractivity (Wildman–Crippen MR) is 88.4 cm³/mol. The molecule has 1 aromatic heterocycles. The summed E-state index contributed by atoms with van der Waals surface area (Å²) in [6.07, 6.45) is 0. The highest BCUT2D eigenvalue weighted by Crippen LogP contribution is 2.25. The fourth-order valence-corrected chi connectivity index (χ4v) is 3.18. The molecule has 0 fully saturated rings. The molecular formula is C15H18ClN3OS. The molecule has 0 radical (unpaired) electrons. The molecule has 6 heteroatoms. The quantitative estimate of drug-likeness (QED) is 0.932. The van der Waals surface area contributed by atoms with Gasteiger partial charge in [-0.1, -0.05) is 17.7 Å². The molecule has 4 nitrogen and oxygen atoms in total. The van der Waals surface area contributed by atoms with Gasteiger partial charge in [-0.3, -0.25) is 4.79 Å². The van der Waals surface area contributed by atoms with Crippen molar-refractivity contribution in [2.24, 2.45) is 0 Å². The molecule has 112 valence electrons. The minimum atomic E-state index is -0.139. The van der Waals surface area contributed by atoms with E-state index >= 15 is 0 Å². The first-order valence-corrected chi connectivity index (χ1v) is 7.75. The number of aromatic nitrogens is 1. The van der Waals surface area contributed by atoms with Crippen LogP contribution in [0.1, 0.15) is 25.9 Å². The van der Waals surface area contributed by atoms with Gasteiger partial charge in [0.1, 0.15) is 9.88 Å². The molecule has 0 saturated carbocycles. The number of benzene rings is 1. The number of amides is 1. The lowest BCUT2D eigenvalue weighted by molar-refractivity contribution is 0.102. The number of nitrogens with zero attached hydrogens (tertiary/aromatic N) is 2. The lowest BCUT2D eigenvalue weighted by Crippen LogP contribution is -2.12. The molecule has 1 amide bonds. The van der Waals surface area contributed by atoms with Crippen molar-refractivity contribution in [2.75, 3.05) is 19.4 Å². The van der Waals surface area contributed by atoms with Gasteiger partial charge >= 0.3 is 0 Å². The Balaban J connectivity index is 2.20. The number of thiazole rings is 1. The zero-order valence-electron chi connectivity index (χ0n) is 12.5. The summed E-state index contributed by atoms with van der Waals surface area (Å²) in [4.78, 5) is 19.5. The van der Waals surface area contributed by atoms with Crippen molar-refractivity contribution < 1.29 is 4.79 Å². The van der Waals surface area contributed by atoms with Crippen molar-refractivity contribution in [1.82, 2.24) is 9.88 Å². The predicted octanol–water partition coefficient (Wildman–Crippen LogP) is 3.73. The molecule has 0 atom stereocenters. The standard InChI is InChI=1S/C15H18ClN3OS/c1-9-11(16)6-5-7-12(9)18-15(20)14-10(2)17-13(21-14)8-19(3)4/h5-7H,8H2,1-4H3,(H,18,20). The Kier molecular flexibility index (Phi) is 4.98. The maximum Gasteiger partial charge on any atom is 0.267 e. The SMILES string of the molecule is Cc1nc(CN(C)C)sc1C(=O)Nc1cccc(Cl)c1C. The van der Waals surface area contributed by atoms with Gasteiger partial charge in [-0.2, -0.15) is 0 Å². The zero-order valence-corrected chi connectivity index (χ0v) is 14.1. The van der Waals surface area contributed by atoms with E-state index in [9.17, 15) is 4.79 Å². The van der Waals surface area contributed by atoms with Crippen LogP contribution in [0.3, 0.4) is 0 Å². The molecule has 2 rings (SSSR count). The Morgan fingerprint density at radius 3 is 2.76 bits per heavy atom. The largest absolute Gasteiger partial charge is 0.321 e. The Labute approximate surface area is 133 Å². The number of carbonyl (C=O) groups excluding carboxylic acids is 1. The van der Waals surface area contributed by atoms with E-state index in [-0.39, 0.29) is 5.91 Å². The van der Waals surface area contributed by atoms with E-state index in [1.54, 1.807) is 6.07 Å². The van der Waals surface area contributed by atoms with Gasteiger partial charge in [-0.15, -0.1) is 11.3 Å². The van der Waals surface area contributed by atoms with Gasteiger partial charge in [0.2, 0.25) is 0 Å². The first-order valence-electron chi connectivity index (χ1n) is 6.56. The van der Waals surface area contributed by atoms with Crippen molar-refractivity contribution in [3.05, 3.63) is 44.4 Å². The second-order valence-corrected chi connectivity index (χ2v) is 6.62. The normalized spacial score (nSPS) is 11.0. The van der Waals surface area contributed by atoms with Gasteiger partial charge in [0.25, 0.3) is 5.91 Å². The summed E-state index contributed by atoms with van der Waals surface area (Å²) in [7, 11) is 3.96. The molecule has 1 heterocycles. The van der Waals surface area contributed by atoms with Gasteiger partial charge < -0.3 is 10.2 Å². The summed E-state index contributed by atoms with van der Waals surface area (Å²) in [5.41, 5.74) is 2.35. The molecule has 2 aromatic rings. The molecule has 0 aliphatic carbocycles. The van der Waals surface area contributed by atoms with Crippen LogP contribution in [0.25, 0.3) is 0 Å². The third-order valence-electron chi connectivity index (χ3n) is 3.01. The van der Waals surface area contributed by atoms with Crippen molar-refractivity contribution in [3.63, 3.8) is 0 Å². The number of nitrogens with one attached hydrogen (secondary N) is 1. The van der Waals surface area contributed by atoms with E-state index in [0.717, 1.165) is 28.5 Å². The summed E-state index contributed by atoms with van der Waals surface area (Å²) < 4.78 is 0. The zero-order chi connectivity index (χ0) is 15.6. The number of carbonyl (C=O) groups is 1. The maximum atomic E-state index is 12.4. The summed E-state index contributed by atoms with van der Waals surface area (Å²) in [5.74, 6) is -0.139. The molecule has 1 aromatic carbocycles. The number of anilines is 1. The van der Waals surface area contributed by atoms with Crippen LogP contribution in [0.4, 0.5) is 5.69 Å². The smallest absolute Gasteiger partial charge is 0.267 e. The van der Waals surface area contributed by atoms with Crippen LogP contribution < -0.4 is 5.32 Å². The van der Waals surface area contributed by atoms with Crippen LogP contribution >= 0.6 is 22.9 Å². The molecule has 0 bridgehead atoms. The lowest BCUT2D eigenvalue weighted by atomic mass is 10.2. The molecule has 21 heavy (non-hydrogen) atoms. The number of halogens is 1. The topological polar surface area (TPSA) is 45.2 Å². The highest BCUT2D eigenvalue weighted by Gasteiger charge is 2.16. The summed E-state index contributed by atoms with van der Waals surface area (Å²) in [5, 5.41) is 4.48. The van der Waals surface area contributed by atoms with E-state index < -0.39 is 0 Å². The Bertz CT molecular complexity index is 667. The number of hydrogen-bond donors (Lipinski definition) is 1. The molecule has 0 spiro atoms. The highest BCUT2D eigenvalue weighted by atomic mass is 35.5. The fraction of sp³-hybridized carbons (Fsp3) is 0.333. The van der Waals surface area contributed by atoms with Crippen LogP contribution in [0.2, 0.25) is 5.02 Å². The van der Waals surface area contributed by atoms with Crippen LogP contribution in [0.15, 0.2) is 18.2 Å². The Morgan fingerprint density at radius 2 is 2.10 bits per heavy atom. The average Bonchev–Trinajstić information content (AvgIpc) is 2.75. The average molecular weight is 324 g/mol. The first kappa shape index (κ1) is 15.9. The molecular weight excluding hydrogens is 306 g/mol. The van der Waals surface area contributed by atoms with Crippen molar-refractivity contribution in [3.8, 4) is 0 Å². The van der Waals surface area contributed by atoms with Crippen LogP contribution in [-0.2, 0) is 6.54 Å². The Morgan fingerprint density at radius 1 is 1.38 bits per heavy atom. The maximum absolute atomic E-state index is 12.4. The van der Waals surface area contributed by atoms with Crippen LogP contribution in [0.5, 0.6) is 0 Å². The van der Waals surface area contributed by atoms with Crippen LogP contribution in [0, 0.1) is 13.8 Å². The third kappa shape index (κ3) is 3.81.